The van der Waals surface area contributed by atoms with E-state index in [0.29, 0.717) is 4.47 Å². The Bertz CT molecular complexity index is 315. The number of benzene rings is 1. The second kappa shape index (κ2) is 6.37. The maximum Gasteiger partial charge on any atom is 0.132 e. The Labute approximate surface area is 101 Å². The van der Waals surface area contributed by atoms with Crippen molar-refractivity contribution >= 4 is 28.3 Å². The highest BCUT2D eigenvalue weighted by Crippen LogP contribution is 2.24. The molecule has 15 heavy (non-hydrogen) atoms. The van der Waals surface area contributed by atoms with E-state index in [9.17, 15) is 8.78 Å². The minimum absolute atomic E-state index is 0. The number of nitrogens with two attached hydrogens (primary N) is 1. The van der Waals surface area contributed by atoms with E-state index in [-0.39, 0.29) is 31.0 Å². The summed E-state index contributed by atoms with van der Waals surface area (Å²) in [5.74, 6) is -1.39. The lowest BCUT2D eigenvalue weighted by molar-refractivity contribution is 0.274. The second-order valence-corrected chi connectivity index (χ2v) is 3.82. The molecule has 0 aromatic heterocycles. The second-order valence-electron chi connectivity index (χ2n) is 2.90. The van der Waals surface area contributed by atoms with Crippen LogP contribution in [0.5, 0.6) is 0 Å². The third kappa shape index (κ3) is 3.68. The predicted molar refractivity (Wildman–Crippen MR) is 59.9 cm³/mol. The van der Waals surface area contributed by atoms with E-state index in [1.54, 1.807) is 0 Å². The number of rotatable bonds is 3. The van der Waals surface area contributed by atoms with Crippen molar-refractivity contribution in [3.63, 3.8) is 0 Å². The molecule has 0 aliphatic rings. The lowest BCUT2D eigenvalue weighted by Gasteiger charge is -2.12. The summed E-state index contributed by atoms with van der Waals surface area (Å²) >= 11 is 2.97. The van der Waals surface area contributed by atoms with E-state index in [2.05, 4.69) is 15.9 Å². The standard InChI is InChI=1S/C9H10BrF2NO.ClH/c10-5-3-6(11)9(7(12)4-5)8(13)1-2-14;/h3-4,8,14H,1-2,13H2;1H/t8-;/m0./s1. The molecule has 1 aromatic carbocycles. The van der Waals surface area contributed by atoms with Gasteiger partial charge in [-0.25, -0.2) is 8.78 Å². The molecule has 0 unspecified atom stereocenters. The zero-order valence-electron chi connectivity index (χ0n) is 7.71. The van der Waals surface area contributed by atoms with E-state index in [4.69, 9.17) is 10.8 Å². The zero-order valence-corrected chi connectivity index (χ0v) is 10.1. The van der Waals surface area contributed by atoms with Crippen molar-refractivity contribution in [1.82, 2.24) is 0 Å². The van der Waals surface area contributed by atoms with E-state index in [1.807, 2.05) is 0 Å². The summed E-state index contributed by atoms with van der Waals surface area (Å²) in [5, 5.41) is 8.60. The topological polar surface area (TPSA) is 46.2 Å². The number of aliphatic hydroxyl groups is 1. The Morgan fingerprint density at radius 3 is 2.20 bits per heavy atom. The smallest absolute Gasteiger partial charge is 0.132 e. The van der Waals surface area contributed by atoms with Crippen LogP contribution in [0.15, 0.2) is 16.6 Å². The van der Waals surface area contributed by atoms with Gasteiger partial charge in [-0.1, -0.05) is 15.9 Å². The molecule has 0 aliphatic carbocycles. The van der Waals surface area contributed by atoms with E-state index in [0.717, 1.165) is 12.1 Å². The summed E-state index contributed by atoms with van der Waals surface area (Å²) in [6.45, 7) is -0.198. The van der Waals surface area contributed by atoms with Crippen molar-refractivity contribution in [2.75, 3.05) is 6.61 Å². The van der Waals surface area contributed by atoms with E-state index < -0.39 is 17.7 Å². The number of hydrogen-bond donors (Lipinski definition) is 2. The van der Waals surface area contributed by atoms with Crippen molar-refractivity contribution in [3.8, 4) is 0 Å². The quantitative estimate of drug-likeness (QED) is 0.901. The van der Waals surface area contributed by atoms with Gasteiger partial charge >= 0.3 is 0 Å². The lowest BCUT2D eigenvalue weighted by Crippen LogP contribution is -2.15. The Morgan fingerprint density at radius 2 is 1.80 bits per heavy atom. The van der Waals surface area contributed by atoms with Crippen LogP contribution in [0.1, 0.15) is 18.0 Å². The van der Waals surface area contributed by atoms with Crippen LogP contribution in [0.3, 0.4) is 0 Å². The third-order valence-corrected chi connectivity index (χ3v) is 2.31. The van der Waals surface area contributed by atoms with Gasteiger partial charge in [0.25, 0.3) is 0 Å². The van der Waals surface area contributed by atoms with Crippen LogP contribution in [0.4, 0.5) is 8.78 Å². The highest BCUT2D eigenvalue weighted by atomic mass is 79.9. The fourth-order valence-corrected chi connectivity index (χ4v) is 1.59. The van der Waals surface area contributed by atoms with Crippen molar-refractivity contribution in [2.45, 2.75) is 12.5 Å². The first-order valence-electron chi connectivity index (χ1n) is 4.07. The van der Waals surface area contributed by atoms with Crippen LogP contribution < -0.4 is 5.73 Å². The molecule has 6 heteroatoms. The first-order chi connectivity index (χ1) is 6.56. The molecule has 86 valence electrons. The zero-order chi connectivity index (χ0) is 10.7. The van der Waals surface area contributed by atoms with Crippen LogP contribution in [0.2, 0.25) is 0 Å². The lowest BCUT2D eigenvalue weighted by atomic mass is 10.0. The average Bonchev–Trinajstić information content (AvgIpc) is 2.01. The molecule has 0 spiro atoms. The van der Waals surface area contributed by atoms with E-state index in [1.165, 1.54) is 0 Å². The SMILES string of the molecule is Cl.N[C@@H](CCO)c1c(F)cc(Br)cc1F. The van der Waals surface area contributed by atoms with Crippen LogP contribution in [0, 0.1) is 11.6 Å². The highest BCUT2D eigenvalue weighted by molar-refractivity contribution is 9.10. The van der Waals surface area contributed by atoms with Gasteiger partial charge in [0, 0.05) is 22.7 Å². The molecule has 0 bridgehead atoms. The molecule has 0 amide bonds. The van der Waals surface area contributed by atoms with E-state index >= 15 is 0 Å². The molecular weight excluding hydrogens is 291 g/mol. The molecule has 0 aliphatic heterocycles. The molecule has 0 saturated heterocycles. The molecule has 1 atom stereocenters. The fraction of sp³-hybridized carbons (Fsp3) is 0.333. The minimum atomic E-state index is -0.812. The van der Waals surface area contributed by atoms with Crippen molar-refractivity contribution in [3.05, 3.63) is 33.8 Å². The summed E-state index contributed by atoms with van der Waals surface area (Å²) < 4.78 is 26.8. The predicted octanol–water partition coefficient (Wildman–Crippen LogP) is 2.53. The third-order valence-electron chi connectivity index (χ3n) is 1.85. The first kappa shape index (κ1) is 14.8. The normalized spacial score (nSPS) is 12.1. The molecule has 1 aromatic rings. The van der Waals surface area contributed by atoms with Gasteiger partial charge in [0.15, 0.2) is 0 Å². The van der Waals surface area contributed by atoms with Gasteiger partial charge in [0.2, 0.25) is 0 Å². The largest absolute Gasteiger partial charge is 0.396 e. The molecule has 1 rings (SSSR count). The summed E-state index contributed by atoms with van der Waals surface area (Å²) in [5.41, 5.74) is 5.32. The molecule has 3 N–H and O–H groups in total. The number of aliphatic hydroxyl groups excluding tert-OH is 1. The summed E-state index contributed by atoms with van der Waals surface area (Å²) in [4.78, 5) is 0. The summed E-state index contributed by atoms with van der Waals surface area (Å²) in [7, 11) is 0. The molecule has 0 saturated carbocycles. The highest BCUT2D eigenvalue weighted by Gasteiger charge is 2.16. The number of hydrogen-bond acceptors (Lipinski definition) is 2. The van der Waals surface area contributed by atoms with Gasteiger partial charge in [-0.2, -0.15) is 0 Å². The molecule has 0 fully saturated rings. The summed E-state index contributed by atoms with van der Waals surface area (Å²) in [6.07, 6.45) is 0.134. The molecule has 2 nitrogen and oxygen atoms in total. The van der Waals surface area contributed by atoms with Gasteiger partial charge in [0.05, 0.1) is 0 Å². The van der Waals surface area contributed by atoms with Gasteiger partial charge in [0.1, 0.15) is 11.6 Å². The van der Waals surface area contributed by atoms with Crippen molar-refractivity contribution in [2.24, 2.45) is 5.73 Å². The van der Waals surface area contributed by atoms with Crippen molar-refractivity contribution < 1.29 is 13.9 Å². The minimum Gasteiger partial charge on any atom is -0.396 e. The van der Waals surface area contributed by atoms with Crippen LogP contribution in [0.25, 0.3) is 0 Å². The van der Waals surface area contributed by atoms with Gasteiger partial charge in [-0.05, 0) is 18.6 Å². The fourth-order valence-electron chi connectivity index (χ4n) is 1.19. The molecular formula is C9H11BrClF2NO. The maximum absolute atomic E-state index is 13.3. The van der Waals surface area contributed by atoms with Crippen molar-refractivity contribution in [1.29, 1.82) is 0 Å². The molecule has 0 heterocycles. The van der Waals surface area contributed by atoms with Crippen LogP contribution in [-0.2, 0) is 0 Å². The van der Waals surface area contributed by atoms with Crippen LogP contribution in [-0.4, -0.2) is 11.7 Å². The Hall–Kier alpha value is -0.230. The van der Waals surface area contributed by atoms with Gasteiger partial charge in [-0.15, -0.1) is 12.4 Å². The van der Waals surface area contributed by atoms with Gasteiger partial charge < -0.3 is 10.8 Å². The number of halogens is 4. The summed E-state index contributed by atoms with van der Waals surface area (Å²) in [6, 6.07) is 1.48. The molecule has 0 radical (unpaired) electrons. The Morgan fingerprint density at radius 1 is 1.33 bits per heavy atom. The monoisotopic (exact) mass is 301 g/mol. The first-order valence-corrected chi connectivity index (χ1v) is 4.86. The average molecular weight is 303 g/mol. The van der Waals surface area contributed by atoms with Gasteiger partial charge in [-0.3, -0.25) is 0 Å². The Balaban J connectivity index is 0.00000196. The Kier molecular flexibility index (Phi) is 6.28. The maximum atomic E-state index is 13.3. The van der Waals surface area contributed by atoms with Crippen LogP contribution >= 0.6 is 28.3 Å².